The van der Waals surface area contributed by atoms with Crippen molar-refractivity contribution in [3.05, 3.63) is 49.1 Å². The van der Waals surface area contributed by atoms with Gasteiger partial charge in [-0.15, -0.1) is 0 Å². The molecule has 26 heavy (non-hydrogen) atoms. The maximum atomic E-state index is 12.3. The molecule has 2 unspecified atom stereocenters. The lowest BCUT2D eigenvalue weighted by molar-refractivity contribution is 0.174. The van der Waals surface area contributed by atoms with Crippen molar-refractivity contribution in [3.63, 3.8) is 0 Å². The van der Waals surface area contributed by atoms with Crippen LogP contribution in [0.2, 0.25) is 0 Å². The van der Waals surface area contributed by atoms with Gasteiger partial charge in [0.25, 0.3) is 0 Å². The molecule has 1 aromatic rings. The highest BCUT2D eigenvalue weighted by Crippen LogP contribution is 2.33. The predicted octanol–water partition coefficient (Wildman–Crippen LogP) is 5.81. The molecule has 0 radical (unpaired) electrons. The first kappa shape index (κ1) is 22.7. The van der Waals surface area contributed by atoms with E-state index in [1.165, 1.54) is 37.7 Å². The molecule has 4 heteroatoms. The minimum atomic E-state index is -0.743. The summed E-state index contributed by atoms with van der Waals surface area (Å²) in [6.07, 6.45) is 11.6. The van der Waals surface area contributed by atoms with Crippen LogP contribution in [0.25, 0.3) is 0 Å². The van der Waals surface area contributed by atoms with Crippen LogP contribution in [0.1, 0.15) is 57.9 Å². The Bertz CT molecular complexity index is 524. The predicted molar refractivity (Wildman–Crippen MR) is 113 cm³/mol. The maximum absolute atomic E-state index is 12.3. The number of benzene rings is 1. The summed E-state index contributed by atoms with van der Waals surface area (Å²) in [5.74, 6) is 2.45. The second-order valence-electron chi connectivity index (χ2n) is 6.53. The van der Waals surface area contributed by atoms with E-state index in [0.717, 1.165) is 30.1 Å². The quantitative estimate of drug-likeness (QED) is 0.277. The molecule has 0 N–H and O–H groups in total. The first-order chi connectivity index (χ1) is 12.6. The first-order valence-corrected chi connectivity index (χ1v) is 11.0. The summed E-state index contributed by atoms with van der Waals surface area (Å²) in [5, 5.41) is 0.191. The minimum absolute atomic E-state index is 0.191. The van der Waals surface area contributed by atoms with E-state index in [1.54, 1.807) is 12.2 Å². The molecule has 0 aliphatic carbocycles. The van der Waals surface area contributed by atoms with E-state index in [2.05, 4.69) is 27.0 Å². The van der Waals surface area contributed by atoms with Crippen LogP contribution >= 0.6 is 0 Å². The Hall–Kier alpha value is -1.39. The van der Waals surface area contributed by atoms with Crippen molar-refractivity contribution in [2.45, 2.75) is 64.0 Å². The molecule has 0 aromatic heterocycles. The van der Waals surface area contributed by atoms with Gasteiger partial charge >= 0.3 is 0 Å². The third kappa shape index (κ3) is 8.81. The van der Waals surface area contributed by atoms with E-state index in [0.29, 0.717) is 6.79 Å². The molecular formula is C22H34O3S. The molecule has 0 spiro atoms. The molecule has 0 fully saturated rings. The van der Waals surface area contributed by atoms with Crippen molar-refractivity contribution in [2.75, 3.05) is 12.5 Å². The van der Waals surface area contributed by atoms with Crippen LogP contribution in [-0.4, -0.2) is 22.3 Å². The Morgan fingerprint density at radius 3 is 2.42 bits per heavy atom. The first-order valence-electron chi connectivity index (χ1n) is 9.61. The highest BCUT2D eigenvalue weighted by atomic mass is 32.2. The maximum Gasteiger partial charge on any atom is 0.231 e. The Morgan fingerprint density at radius 2 is 1.73 bits per heavy atom. The summed E-state index contributed by atoms with van der Waals surface area (Å²) >= 11 is -0.743. The van der Waals surface area contributed by atoms with Crippen molar-refractivity contribution in [1.29, 1.82) is 0 Å². The SMILES string of the molecule is C=CC=C.CCCCCCCC[S+]([O-])C(C)Cc1ccc2c(c1)OCO2. The second kappa shape index (κ2) is 13.8. The summed E-state index contributed by atoms with van der Waals surface area (Å²) in [6.45, 7) is 11.3. The number of ether oxygens (including phenoxy) is 2. The van der Waals surface area contributed by atoms with E-state index in [-0.39, 0.29) is 5.25 Å². The second-order valence-corrected chi connectivity index (χ2v) is 8.50. The van der Waals surface area contributed by atoms with Crippen molar-refractivity contribution < 1.29 is 14.0 Å². The molecular weight excluding hydrogens is 344 g/mol. The molecule has 3 nitrogen and oxygen atoms in total. The Labute approximate surface area is 162 Å². The molecule has 1 aliphatic rings. The van der Waals surface area contributed by atoms with Crippen LogP contribution < -0.4 is 9.47 Å². The molecule has 1 aliphatic heterocycles. The lowest BCUT2D eigenvalue weighted by Crippen LogP contribution is -2.23. The average molecular weight is 379 g/mol. The minimum Gasteiger partial charge on any atom is -0.616 e. The van der Waals surface area contributed by atoms with Crippen LogP contribution in [-0.2, 0) is 17.6 Å². The number of hydrogen-bond donors (Lipinski definition) is 0. The van der Waals surface area contributed by atoms with Gasteiger partial charge in [0.1, 0.15) is 11.0 Å². The fourth-order valence-corrected chi connectivity index (χ4v) is 3.99. The van der Waals surface area contributed by atoms with Gasteiger partial charge in [-0.05, 0) is 37.5 Å². The Kier molecular flexibility index (Phi) is 12.0. The lowest BCUT2D eigenvalue weighted by atomic mass is 10.1. The van der Waals surface area contributed by atoms with Gasteiger partial charge in [-0.2, -0.15) is 0 Å². The highest BCUT2D eigenvalue weighted by Gasteiger charge is 2.19. The smallest absolute Gasteiger partial charge is 0.231 e. The van der Waals surface area contributed by atoms with Crippen molar-refractivity contribution in [3.8, 4) is 11.5 Å². The number of allylic oxidation sites excluding steroid dienone is 2. The molecule has 0 bridgehead atoms. The monoisotopic (exact) mass is 378 g/mol. The number of unbranched alkanes of at least 4 members (excludes halogenated alkanes) is 5. The Balaban J connectivity index is 0.000000765. The molecule has 1 aromatic carbocycles. The molecule has 2 rings (SSSR count). The van der Waals surface area contributed by atoms with Crippen LogP contribution in [0.3, 0.4) is 0 Å². The van der Waals surface area contributed by atoms with Gasteiger partial charge in [0.05, 0.1) is 0 Å². The number of fused-ring (bicyclic) bond motifs is 1. The van der Waals surface area contributed by atoms with Gasteiger partial charge in [0.2, 0.25) is 6.79 Å². The molecule has 2 atom stereocenters. The summed E-state index contributed by atoms with van der Waals surface area (Å²) < 4.78 is 23.0. The van der Waals surface area contributed by atoms with E-state index in [9.17, 15) is 4.55 Å². The molecule has 0 amide bonds. The molecule has 0 saturated carbocycles. The molecule has 146 valence electrons. The largest absolute Gasteiger partial charge is 0.616 e. The van der Waals surface area contributed by atoms with Crippen LogP contribution in [0.4, 0.5) is 0 Å². The van der Waals surface area contributed by atoms with Gasteiger partial charge in [0, 0.05) is 6.42 Å². The third-order valence-electron chi connectivity index (χ3n) is 4.27. The van der Waals surface area contributed by atoms with Crippen molar-refractivity contribution >= 4 is 11.2 Å². The third-order valence-corrected chi connectivity index (χ3v) is 6.03. The molecule has 0 saturated heterocycles. The molecule has 1 heterocycles. The van der Waals surface area contributed by atoms with Crippen LogP contribution in [0, 0.1) is 0 Å². The average Bonchev–Trinajstić information content (AvgIpc) is 3.12. The van der Waals surface area contributed by atoms with Crippen LogP contribution in [0.15, 0.2) is 43.5 Å². The van der Waals surface area contributed by atoms with Crippen molar-refractivity contribution in [2.24, 2.45) is 0 Å². The highest BCUT2D eigenvalue weighted by molar-refractivity contribution is 7.91. The summed E-state index contributed by atoms with van der Waals surface area (Å²) in [4.78, 5) is 0. The summed E-state index contributed by atoms with van der Waals surface area (Å²) in [5.41, 5.74) is 1.17. The zero-order valence-corrected chi connectivity index (χ0v) is 17.2. The summed E-state index contributed by atoms with van der Waals surface area (Å²) in [7, 11) is 0. The van der Waals surface area contributed by atoms with E-state index in [1.807, 2.05) is 18.2 Å². The van der Waals surface area contributed by atoms with Gasteiger partial charge in [-0.25, -0.2) is 0 Å². The van der Waals surface area contributed by atoms with Gasteiger partial charge in [0.15, 0.2) is 11.5 Å². The zero-order chi connectivity index (χ0) is 19.2. The van der Waals surface area contributed by atoms with E-state index < -0.39 is 11.2 Å². The zero-order valence-electron chi connectivity index (χ0n) is 16.4. The number of hydrogen-bond acceptors (Lipinski definition) is 3. The van der Waals surface area contributed by atoms with E-state index in [4.69, 9.17) is 9.47 Å². The van der Waals surface area contributed by atoms with Crippen molar-refractivity contribution in [1.82, 2.24) is 0 Å². The fourth-order valence-electron chi connectivity index (χ4n) is 2.72. The summed E-state index contributed by atoms with van der Waals surface area (Å²) in [6, 6.07) is 6.01. The lowest BCUT2D eigenvalue weighted by Gasteiger charge is -2.18. The fraction of sp³-hybridized carbons (Fsp3) is 0.545. The normalized spacial score (nSPS) is 14.1. The number of rotatable bonds is 11. The van der Waals surface area contributed by atoms with Gasteiger partial charge < -0.3 is 14.0 Å². The Morgan fingerprint density at radius 1 is 1.08 bits per heavy atom. The van der Waals surface area contributed by atoms with Gasteiger partial charge in [-0.1, -0.05) is 75.2 Å². The van der Waals surface area contributed by atoms with Crippen LogP contribution in [0.5, 0.6) is 11.5 Å². The standard InChI is InChI=1S/C18H28O3S.C4H6/c1-3-4-5-6-7-8-11-22(19)15(2)12-16-9-10-17-18(13-16)21-14-20-17;1-3-4-2/h9-10,13,15H,3-8,11-12,14H2,1-2H3;3-4H,1-2H2. The van der Waals surface area contributed by atoms with Gasteiger partial charge in [-0.3, -0.25) is 0 Å². The topological polar surface area (TPSA) is 41.5 Å². The van der Waals surface area contributed by atoms with E-state index >= 15 is 0 Å².